The lowest BCUT2D eigenvalue weighted by molar-refractivity contribution is 0.589. The van der Waals surface area contributed by atoms with E-state index in [2.05, 4.69) is 41.8 Å². The number of H-pyrrole nitrogens is 1. The Hall–Kier alpha value is -3.20. The predicted octanol–water partition coefficient (Wildman–Crippen LogP) is 2.21. The minimum atomic E-state index is -0.387. The summed E-state index contributed by atoms with van der Waals surface area (Å²) in [7, 11) is 0. The van der Waals surface area contributed by atoms with Gasteiger partial charge in [-0.1, -0.05) is 0 Å². The molecule has 9 heteroatoms. The fraction of sp³-hybridized carbons (Fsp3) is 0.278. The predicted molar refractivity (Wildman–Crippen MR) is 102 cm³/mol. The molecule has 0 radical (unpaired) electrons. The van der Waals surface area contributed by atoms with Crippen molar-refractivity contribution in [3.05, 3.63) is 42.2 Å². The molecule has 5 rings (SSSR count). The van der Waals surface area contributed by atoms with Crippen LogP contribution in [0.2, 0.25) is 0 Å². The largest absolute Gasteiger partial charge is 0.368 e. The summed E-state index contributed by atoms with van der Waals surface area (Å²) >= 11 is 0. The van der Waals surface area contributed by atoms with Crippen molar-refractivity contribution in [1.29, 1.82) is 0 Å². The molecule has 1 aliphatic rings. The van der Waals surface area contributed by atoms with E-state index in [-0.39, 0.29) is 5.82 Å². The lowest BCUT2D eigenvalue weighted by atomic mass is 10.2. The topological polar surface area (TPSA) is 86.2 Å². The zero-order valence-corrected chi connectivity index (χ0v) is 14.8. The van der Waals surface area contributed by atoms with Gasteiger partial charge < -0.3 is 19.9 Å². The van der Waals surface area contributed by atoms with Gasteiger partial charge in [0.25, 0.3) is 0 Å². The quantitative estimate of drug-likeness (QED) is 0.515. The molecule has 4 aromatic rings. The number of piperazine rings is 1. The van der Waals surface area contributed by atoms with Gasteiger partial charge in [0.15, 0.2) is 17.3 Å². The number of rotatable bonds is 3. The Kier molecular flexibility index (Phi) is 3.68. The van der Waals surface area contributed by atoms with Crippen molar-refractivity contribution in [2.24, 2.45) is 0 Å². The molecule has 1 saturated heterocycles. The molecule has 0 saturated carbocycles. The van der Waals surface area contributed by atoms with E-state index in [1.165, 1.54) is 6.07 Å². The van der Waals surface area contributed by atoms with Crippen LogP contribution in [0, 0.1) is 12.7 Å². The second-order valence-corrected chi connectivity index (χ2v) is 6.71. The molecule has 3 N–H and O–H groups in total. The summed E-state index contributed by atoms with van der Waals surface area (Å²) in [5.74, 6) is 0.175. The third-order valence-corrected chi connectivity index (χ3v) is 4.76. The van der Waals surface area contributed by atoms with Crippen molar-refractivity contribution in [3.63, 3.8) is 0 Å². The number of halogens is 1. The van der Waals surface area contributed by atoms with Gasteiger partial charge in [0, 0.05) is 44.6 Å². The summed E-state index contributed by atoms with van der Waals surface area (Å²) in [6.45, 7) is 5.68. The standard InChI is InChI=1S/C18H19FN8/c1-11-9-27-10-12(6-14(19)18(27)22-11)23-17-16-15(24-25-17)7-13(8-21-16)26-4-2-20-3-5-26/h6-10,20H,2-5H2,1H3,(H2,23,24,25). The number of fused-ring (bicyclic) bond motifs is 2. The minimum Gasteiger partial charge on any atom is -0.368 e. The Labute approximate surface area is 154 Å². The number of nitrogens with zero attached hydrogens (tertiary/aromatic N) is 5. The van der Waals surface area contributed by atoms with Crippen molar-refractivity contribution >= 4 is 33.9 Å². The molecule has 0 aromatic carbocycles. The van der Waals surface area contributed by atoms with E-state index in [0.29, 0.717) is 17.2 Å². The average molecular weight is 366 g/mol. The number of pyridine rings is 2. The lowest BCUT2D eigenvalue weighted by Gasteiger charge is -2.29. The second-order valence-electron chi connectivity index (χ2n) is 6.71. The molecule has 4 aromatic heterocycles. The first-order chi connectivity index (χ1) is 13.2. The Morgan fingerprint density at radius 2 is 2.04 bits per heavy atom. The van der Waals surface area contributed by atoms with Crippen molar-refractivity contribution < 1.29 is 4.39 Å². The van der Waals surface area contributed by atoms with E-state index in [1.807, 2.05) is 13.1 Å². The molecular formula is C18H19FN8. The van der Waals surface area contributed by atoms with Crippen LogP contribution in [-0.4, -0.2) is 50.7 Å². The minimum absolute atomic E-state index is 0.309. The van der Waals surface area contributed by atoms with Gasteiger partial charge >= 0.3 is 0 Å². The van der Waals surface area contributed by atoms with E-state index in [1.54, 1.807) is 16.8 Å². The number of nitrogens with one attached hydrogen (secondary N) is 3. The van der Waals surface area contributed by atoms with Crippen LogP contribution in [0.1, 0.15) is 5.69 Å². The van der Waals surface area contributed by atoms with Crippen LogP contribution >= 0.6 is 0 Å². The highest BCUT2D eigenvalue weighted by Gasteiger charge is 2.15. The Balaban J connectivity index is 1.46. The maximum absolute atomic E-state index is 14.3. The van der Waals surface area contributed by atoms with Gasteiger partial charge in [0.1, 0.15) is 5.52 Å². The van der Waals surface area contributed by atoms with Gasteiger partial charge in [-0.05, 0) is 13.0 Å². The zero-order valence-electron chi connectivity index (χ0n) is 14.8. The highest BCUT2D eigenvalue weighted by atomic mass is 19.1. The van der Waals surface area contributed by atoms with Crippen molar-refractivity contribution in [2.45, 2.75) is 6.92 Å². The van der Waals surface area contributed by atoms with Crippen LogP contribution < -0.4 is 15.5 Å². The van der Waals surface area contributed by atoms with Crippen molar-refractivity contribution in [1.82, 2.24) is 29.9 Å². The third-order valence-electron chi connectivity index (χ3n) is 4.76. The van der Waals surface area contributed by atoms with Crippen molar-refractivity contribution in [3.8, 4) is 0 Å². The van der Waals surface area contributed by atoms with E-state index in [4.69, 9.17) is 0 Å². The number of anilines is 3. The number of hydrogen-bond donors (Lipinski definition) is 3. The van der Waals surface area contributed by atoms with Crippen LogP contribution in [0.3, 0.4) is 0 Å². The van der Waals surface area contributed by atoms with Gasteiger partial charge in [-0.3, -0.25) is 5.10 Å². The first kappa shape index (κ1) is 16.0. The van der Waals surface area contributed by atoms with Gasteiger partial charge in [0.05, 0.1) is 28.8 Å². The molecule has 0 amide bonds. The maximum atomic E-state index is 14.3. The lowest BCUT2D eigenvalue weighted by Crippen LogP contribution is -2.43. The van der Waals surface area contributed by atoms with Crippen LogP contribution in [0.4, 0.5) is 21.6 Å². The number of imidazole rings is 1. The molecule has 27 heavy (non-hydrogen) atoms. The van der Waals surface area contributed by atoms with E-state index < -0.39 is 0 Å². The average Bonchev–Trinajstić information content (AvgIpc) is 3.25. The number of aryl methyl sites for hydroxylation is 1. The molecule has 1 aliphatic heterocycles. The highest BCUT2D eigenvalue weighted by molar-refractivity contribution is 5.89. The van der Waals surface area contributed by atoms with Crippen LogP contribution in [0.5, 0.6) is 0 Å². The Bertz CT molecular complexity index is 1130. The van der Waals surface area contributed by atoms with E-state index in [9.17, 15) is 4.39 Å². The van der Waals surface area contributed by atoms with Gasteiger partial charge in [-0.25, -0.2) is 14.4 Å². The summed E-state index contributed by atoms with van der Waals surface area (Å²) in [4.78, 5) is 11.0. The second kappa shape index (κ2) is 6.20. The van der Waals surface area contributed by atoms with E-state index in [0.717, 1.165) is 48.6 Å². The summed E-state index contributed by atoms with van der Waals surface area (Å²) < 4.78 is 15.9. The molecule has 8 nitrogen and oxygen atoms in total. The molecule has 0 atom stereocenters. The first-order valence-electron chi connectivity index (χ1n) is 8.89. The zero-order chi connectivity index (χ0) is 18.4. The fourth-order valence-corrected chi connectivity index (χ4v) is 3.46. The molecular weight excluding hydrogens is 347 g/mol. The molecule has 138 valence electrons. The molecule has 0 unspecified atom stereocenters. The SMILES string of the molecule is Cc1cn2cc(Nc3n[nH]c4cc(N5CCNCC5)cnc34)cc(F)c2n1. The Morgan fingerprint density at radius 1 is 1.19 bits per heavy atom. The highest BCUT2D eigenvalue weighted by Crippen LogP contribution is 2.26. The number of aromatic nitrogens is 5. The summed E-state index contributed by atoms with van der Waals surface area (Å²) in [6.07, 6.45) is 5.43. The molecule has 5 heterocycles. The molecule has 0 aliphatic carbocycles. The third kappa shape index (κ3) is 2.85. The summed E-state index contributed by atoms with van der Waals surface area (Å²) in [5, 5.41) is 13.8. The summed E-state index contributed by atoms with van der Waals surface area (Å²) in [5.41, 5.74) is 4.28. The Morgan fingerprint density at radius 3 is 2.89 bits per heavy atom. The van der Waals surface area contributed by atoms with Gasteiger partial charge in [-0.15, -0.1) is 0 Å². The van der Waals surface area contributed by atoms with E-state index >= 15 is 0 Å². The van der Waals surface area contributed by atoms with Gasteiger partial charge in [0.2, 0.25) is 0 Å². The molecule has 0 spiro atoms. The van der Waals surface area contributed by atoms with Crippen LogP contribution in [0.15, 0.2) is 30.7 Å². The smallest absolute Gasteiger partial charge is 0.178 e. The summed E-state index contributed by atoms with van der Waals surface area (Å²) in [6, 6.07) is 3.46. The number of aromatic amines is 1. The normalized spacial score (nSPS) is 15.0. The molecule has 0 bridgehead atoms. The first-order valence-corrected chi connectivity index (χ1v) is 8.89. The van der Waals surface area contributed by atoms with Crippen molar-refractivity contribution in [2.75, 3.05) is 36.4 Å². The monoisotopic (exact) mass is 366 g/mol. The van der Waals surface area contributed by atoms with Gasteiger partial charge in [-0.2, -0.15) is 5.10 Å². The number of hydrogen-bond acceptors (Lipinski definition) is 6. The van der Waals surface area contributed by atoms with Crippen LogP contribution in [0.25, 0.3) is 16.7 Å². The van der Waals surface area contributed by atoms with Crippen LogP contribution in [-0.2, 0) is 0 Å². The fourth-order valence-electron chi connectivity index (χ4n) is 3.46. The molecule has 1 fully saturated rings. The maximum Gasteiger partial charge on any atom is 0.178 e.